The quantitative estimate of drug-likeness (QED) is 0.0835. The van der Waals surface area contributed by atoms with Crippen molar-refractivity contribution in [3.63, 3.8) is 0 Å². The summed E-state index contributed by atoms with van der Waals surface area (Å²) in [7, 11) is 4.66. The number of aliphatic carboxylic acids is 1. The van der Waals surface area contributed by atoms with Crippen molar-refractivity contribution in [1.29, 1.82) is 0 Å². The lowest BCUT2D eigenvalue weighted by molar-refractivity contribution is -0.327. The molecule has 3 aromatic rings. The molecule has 0 saturated carbocycles. The lowest BCUT2D eigenvalue weighted by atomic mass is 9.74. The standard InChI is InChI=1S/C40H46N2O17/c1-14-9-21-27(33(49)24(14)38(52)41-15(2)39(53)54)26-19(12-20-28(34(26)50)31(47)18-10-17(55-6)11-22(45)25(18)30(20)46)32(48)36(21)59-40-35(51)37(29(42(4)5)16(3)57-40)58-23(13-44)56-8-7-43/h9-12,15-16,23,29,32,35-37,40,43-45,48-51H,7-8,13H2,1-6H3,(H,41,52)(H,53,54)/t15-,16-,23+,29+,32+,35-,36+,37+,40+/m1/s1. The highest BCUT2D eigenvalue weighted by Crippen LogP contribution is 2.57. The van der Waals surface area contributed by atoms with Gasteiger partial charge in [-0.3, -0.25) is 19.2 Å². The third kappa shape index (κ3) is 7.49. The Hall–Kier alpha value is -5.22. The number of ketones is 2. The molecule has 19 heteroatoms. The maximum absolute atomic E-state index is 14.1. The number of methoxy groups -OCH3 is 1. The monoisotopic (exact) mass is 826 g/mol. The Bertz CT molecular complexity index is 2190. The first-order valence-corrected chi connectivity index (χ1v) is 18.5. The number of aryl methyl sites for hydroxylation is 1. The first-order valence-electron chi connectivity index (χ1n) is 18.5. The Labute approximate surface area is 336 Å². The van der Waals surface area contributed by atoms with Crippen molar-refractivity contribution >= 4 is 23.4 Å². The molecule has 0 unspecified atom stereocenters. The molecule has 1 amide bonds. The molecular weight excluding hydrogens is 780 g/mol. The number of aliphatic hydroxyl groups is 4. The zero-order valence-corrected chi connectivity index (χ0v) is 32.8. The molecule has 318 valence electrons. The third-order valence-electron chi connectivity index (χ3n) is 10.7. The van der Waals surface area contributed by atoms with E-state index in [1.165, 1.54) is 33.1 Å². The number of rotatable bonds is 13. The van der Waals surface area contributed by atoms with Crippen LogP contribution in [0.2, 0.25) is 0 Å². The summed E-state index contributed by atoms with van der Waals surface area (Å²) in [4.78, 5) is 55.0. The van der Waals surface area contributed by atoms with Crippen molar-refractivity contribution in [3.8, 4) is 34.1 Å². The third-order valence-corrected chi connectivity index (χ3v) is 10.7. The summed E-state index contributed by atoms with van der Waals surface area (Å²) >= 11 is 0. The second-order valence-corrected chi connectivity index (χ2v) is 14.7. The van der Waals surface area contributed by atoms with Gasteiger partial charge in [0.2, 0.25) is 0 Å². The zero-order chi connectivity index (χ0) is 43.4. The van der Waals surface area contributed by atoms with E-state index in [0.29, 0.717) is 0 Å². The van der Waals surface area contributed by atoms with Crippen LogP contribution in [-0.2, 0) is 23.7 Å². The number of carboxylic acids is 1. The summed E-state index contributed by atoms with van der Waals surface area (Å²) < 4.78 is 29.1. The largest absolute Gasteiger partial charge is 0.507 e. The molecule has 0 bridgehead atoms. The fraction of sp³-hybridized carbons (Fsp3) is 0.450. The van der Waals surface area contributed by atoms with Crippen LogP contribution in [0.5, 0.6) is 23.0 Å². The number of amides is 1. The second-order valence-electron chi connectivity index (χ2n) is 14.7. The number of phenolic OH excluding ortho intramolecular Hbond substituents is 3. The van der Waals surface area contributed by atoms with Gasteiger partial charge >= 0.3 is 5.97 Å². The zero-order valence-electron chi connectivity index (χ0n) is 32.8. The number of hydrogen-bond donors (Lipinski definition) is 9. The molecule has 1 aliphatic heterocycles. The fourth-order valence-electron chi connectivity index (χ4n) is 8.03. The van der Waals surface area contributed by atoms with Gasteiger partial charge < -0.3 is 74.8 Å². The summed E-state index contributed by atoms with van der Waals surface area (Å²) in [5.41, 5.74) is -3.14. The first-order chi connectivity index (χ1) is 27.9. The lowest BCUT2D eigenvalue weighted by Crippen LogP contribution is -2.63. The minimum atomic E-state index is -1.86. The molecule has 0 aromatic heterocycles. The molecule has 2 aliphatic carbocycles. The highest BCUT2D eigenvalue weighted by Gasteiger charge is 2.50. The van der Waals surface area contributed by atoms with Gasteiger partial charge in [-0.15, -0.1) is 0 Å². The van der Waals surface area contributed by atoms with E-state index >= 15 is 0 Å². The molecule has 0 radical (unpaired) electrons. The number of ether oxygens (including phenoxy) is 5. The number of benzene rings is 3. The second kappa shape index (κ2) is 16.8. The van der Waals surface area contributed by atoms with Gasteiger partial charge in [0.1, 0.15) is 53.5 Å². The molecule has 9 atom stereocenters. The van der Waals surface area contributed by atoms with Gasteiger partial charge in [0.25, 0.3) is 5.91 Å². The Kier molecular flexibility index (Phi) is 12.3. The molecule has 59 heavy (non-hydrogen) atoms. The Morgan fingerprint density at radius 3 is 2.19 bits per heavy atom. The number of nitrogens with one attached hydrogen (secondary N) is 1. The van der Waals surface area contributed by atoms with Crippen molar-refractivity contribution < 1.29 is 83.7 Å². The van der Waals surface area contributed by atoms with Crippen molar-refractivity contribution in [3.05, 3.63) is 68.8 Å². The van der Waals surface area contributed by atoms with Crippen molar-refractivity contribution in [2.75, 3.05) is 41.0 Å². The van der Waals surface area contributed by atoms with Gasteiger partial charge in [-0.25, -0.2) is 0 Å². The van der Waals surface area contributed by atoms with E-state index in [4.69, 9.17) is 23.7 Å². The Balaban J connectivity index is 1.53. The number of carbonyl (C=O) groups excluding carboxylic acids is 3. The molecule has 3 aliphatic rings. The SMILES string of the molecule is COc1cc(O)c2c(c1)C(=O)c1c(cc3c(c1O)-c1c(cc(C)c(C(=O)N[C@H](C)C(=O)O)c1O)[C@H](O[C@@H]1O[C@H](C)[C@H](N(C)C)[C@H](O[C@@H](CO)OCCO)[C@H]1O)[C@H]3O)C2=O. The molecule has 1 heterocycles. The van der Waals surface area contributed by atoms with Crippen LogP contribution in [0.1, 0.15) is 84.9 Å². The summed E-state index contributed by atoms with van der Waals surface area (Å²) in [5, 5.41) is 89.8. The molecule has 9 N–H and O–H groups in total. The topological polar surface area (TPSA) is 292 Å². The van der Waals surface area contributed by atoms with E-state index in [-0.39, 0.29) is 52.3 Å². The number of fused-ring (bicyclic) bond motifs is 5. The number of hydrogen-bond acceptors (Lipinski definition) is 17. The van der Waals surface area contributed by atoms with Crippen LogP contribution in [0.15, 0.2) is 24.3 Å². The number of likely N-dealkylation sites (N-methyl/N-ethyl adjacent to an activating group) is 1. The average molecular weight is 827 g/mol. The number of aromatic hydroxyl groups is 3. The van der Waals surface area contributed by atoms with Crippen LogP contribution in [-0.4, -0.2) is 153 Å². The van der Waals surface area contributed by atoms with E-state index in [2.05, 4.69) is 5.32 Å². The van der Waals surface area contributed by atoms with Gasteiger partial charge in [0.15, 0.2) is 24.1 Å². The van der Waals surface area contributed by atoms with Crippen LogP contribution in [0, 0.1) is 6.92 Å². The summed E-state index contributed by atoms with van der Waals surface area (Å²) in [6.07, 6.45) is -10.0. The predicted molar refractivity (Wildman–Crippen MR) is 201 cm³/mol. The van der Waals surface area contributed by atoms with Crippen LogP contribution in [0.3, 0.4) is 0 Å². The fourth-order valence-corrected chi connectivity index (χ4v) is 8.03. The van der Waals surface area contributed by atoms with Crippen molar-refractivity contribution in [2.45, 2.75) is 76.0 Å². The lowest BCUT2D eigenvalue weighted by Gasteiger charge is -2.48. The van der Waals surface area contributed by atoms with Crippen LogP contribution >= 0.6 is 0 Å². The normalized spacial score (nSPS) is 24.4. The molecule has 1 saturated heterocycles. The van der Waals surface area contributed by atoms with Crippen LogP contribution in [0.4, 0.5) is 0 Å². The van der Waals surface area contributed by atoms with Gasteiger partial charge in [-0.1, -0.05) is 6.07 Å². The van der Waals surface area contributed by atoms with Gasteiger partial charge in [0.05, 0.1) is 55.8 Å². The minimum Gasteiger partial charge on any atom is -0.507 e. The number of phenols is 3. The average Bonchev–Trinajstić information content (AvgIpc) is 3.17. The summed E-state index contributed by atoms with van der Waals surface area (Å²) in [6, 6.07) is 2.66. The highest BCUT2D eigenvalue weighted by molar-refractivity contribution is 6.31. The first kappa shape index (κ1) is 43.4. The number of carbonyl (C=O) groups is 4. The Morgan fingerprint density at radius 1 is 0.932 bits per heavy atom. The van der Waals surface area contributed by atoms with Crippen molar-refractivity contribution in [1.82, 2.24) is 10.2 Å². The predicted octanol–water partition coefficient (Wildman–Crippen LogP) is 0.619. The van der Waals surface area contributed by atoms with E-state index in [1.54, 1.807) is 25.9 Å². The maximum Gasteiger partial charge on any atom is 0.325 e. The van der Waals surface area contributed by atoms with Crippen LogP contribution < -0.4 is 10.1 Å². The highest BCUT2D eigenvalue weighted by atomic mass is 16.7. The van der Waals surface area contributed by atoms with E-state index < -0.39 is 125 Å². The number of aliphatic hydroxyl groups excluding tert-OH is 4. The molecule has 19 nitrogen and oxygen atoms in total. The minimum absolute atomic E-state index is 0.0268. The van der Waals surface area contributed by atoms with E-state index in [9.17, 15) is 60.0 Å². The van der Waals surface area contributed by atoms with Gasteiger partial charge in [-0.2, -0.15) is 0 Å². The number of nitrogens with zero attached hydrogens (tertiary/aromatic N) is 1. The molecule has 6 rings (SSSR count). The smallest absolute Gasteiger partial charge is 0.325 e. The number of carboxylic acid groups (broad SMARTS) is 1. The molecule has 0 spiro atoms. The summed E-state index contributed by atoms with van der Waals surface area (Å²) in [5.74, 6) is -6.50. The maximum atomic E-state index is 14.1. The van der Waals surface area contributed by atoms with Gasteiger partial charge in [0, 0.05) is 28.3 Å². The molecule has 3 aromatic carbocycles. The van der Waals surface area contributed by atoms with Crippen molar-refractivity contribution in [2.24, 2.45) is 0 Å². The van der Waals surface area contributed by atoms with E-state index in [0.717, 1.165) is 12.1 Å². The van der Waals surface area contributed by atoms with E-state index in [1.807, 2.05) is 0 Å². The van der Waals surface area contributed by atoms with Crippen LogP contribution in [0.25, 0.3) is 11.1 Å². The molecular formula is C40H46N2O17. The Morgan fingerprint density at radius 2 is 1.58 bits per heavy atom. The summed E-state index contributed by atoms with van der Waals surface area (Å²) in [6.45, 7) is 3.03. The van der Waals surface area contributed by atoms with Gasteiger partial charge in [-0.05, 0) is 63.7 Å². The molecule has 1 fully saturated rings.